The molecule has 1 aromatic carbocycles. The van der Waals surface area contributed by atoms with Crippen LogP contribution in [0.3, 0.4) is 0 Å². The van der Waals surface area contributed by atoms with Crippen molar-refractivity contribution in [1.29, 1.82) is 0 Å². The maximum absolute atomic E-state index is 13.6. The lowest BCUT2D eigenvalue weighted by molar-refractivity contribution is 0.191. The second kappa shape index (κ2) is 4.94. The molecular weight excluding hydrogens is 239 g/mol. The highest BCUT2D eigenvalue weighted by Crippen LogP contribution is 2.36. The normalized spacial score (nSPS) is 12.7. The van der Waals surface area contributed by atoms with Crippen molar-refractivity contribution in [3.8, 4) is 0 Å². The second-order valence-electron chi connectivity index (χ2n) is 3.77. The van der Waals surface area contributed by atoms with Crippen molar-refractivity contribution in [2.45, 2.75) is 29.7 Å². The third-order valence-corrected chi connectivity index (χ3v) is 3.68. The third kappa shape index (κ3) is 2.53. The van der Waals surface area contributed by atoms with E-state index in [9.17, 15) is 9.50 Å². The van der Waals surface area contributed by atoms with Gasteiger partial charge in [0, 0.05) is 10.5 Å². The Morgan fingerprint density at radius 2 is 2.06 bits per heavy atom. The molecule has 1 N–H and O–H groups in total. The summed E-state index contributed by atoms with van der Waals surface area (Å²) in [7, 11) is 0. The van der Waals surface area contributed by atoms with E-state index in [0.29, 0.717) is 10.5 Å². The number of hydrogen-bond acceptors (Lipinski definition) is 3. The molecule has 0 aliphatic carbocycles. The summed E-state index contributed by atoms with van der Waals surface area (Å²) in [6, 6.07) is 6.62. The maximum atomic E-state index is 13.6. The molecule has 0 unspecified atom stereocenters. The number of aryl methyl sites for hydroxylation is 1. The van der Waals surface area contributed by atoms with E-state index < -0.39 is 6.10 Å². The fourth-order valence-electron chi connectivity index (χ4n) is 1.61. The van der Waals surface area contributed by atoms with E-state index in [1.54, 1.807) is 25.3 Å². The predicted molar refractivity (Wildman–Crippen MR) is 64.6 cm³/mol. The topological polar surface area (TPSA) is 33.4 Å². The minimum Gasteiger partial charge on any atom is -0.468 e. The summed E-state index contributed by atoms with van der Waals surface area (Å²) in [6.45, 7) is 3.41. The molecule has 2 aromatic rings. The van der Waals surface area contributed by atoms with Gasteiger partial charge in [0.05, 0.1) is 17.3 Å². The van der Waals surface area contributed by atoms with Crippen LogP contribution in [-0.4, -0.2) is 5.11 Å². The summed E-state index contributed by atoms with van der Waals surface area (Å²) < 4.78 is 18.8. The number of hydrogen-bond donors (Lipinski definition) is 1. The quantitative estimate of drug-likeness (QED) is 0.898. The van der Waals surface area contributed by atoms with Gasteiger partial charge in [-0.1, -0.05) is 17.8 Å². The van der Waals surface area contributed by atoms with Crippen LogP contribution in [0.5, 0.6) is 0 Å². The fourth-order valence-corrected chi connectivity index (χ4v) is 2.69. The van der Waals surface area contributed by atoms with Crippen molar-refractivity contribution in [2.24, 2.45) is 0 Å². The zero-order valence-corrected chi connectivity index (χ0v) is 10.4. The number of benzene rings is 1. The van der Waals surface area contributed by atoms with Crippen molar-refractivity contribution >= 4 is 11.8 Å². The Kier molecular flexibility index (Phi) is 3.54. The molecule has 0 aliphatic rings. The molecule has 90 valence electrons. The average molecular weight is 252 g/mol. The SMILES string of the molecule is Cc1occc1Sc1cccc(F)c1[C@H](C)O. The highest BCUT2D eigenvalue weighted by atomic mass is 32.2. The third-order valence-electron chi connectivity index (χ3n) is 2.46. The van der Waals surface area contributed by atoms with Gasteiger partial charge >= 0.3 is 0 Å². The zero-order chi connectivity index (χ0) is 12.4. The Morgan fingerprint density at radius 3 is 2.65 bits per heavy atom. The van der Waals surface area contributed by atoms with E-state index >= 15 is 0 Å². The molecule has 4 heteroatoms. The Labute approximate surface area is 103 Å². The number of rotatable bonds is 3. The predicted octanol–water partition coefficient (Wildman–Crippen LogP) is 3.93. The molecule has 2 rings (SSSR count). The van der Waals surface area contributed by atoms with Crippen LogP contribution < -0.4 is 0 Å². The van der Waals surface area contributed by atoms with Gasteiger partial charge in [-0.15, -0.1) is 0 Å². The lowest BCUT2D eigenvalue weighted by Gasteiger charge is -2.12. The molecular formula is C13H13FO2S. The molecule has 17 heavy (non-hydrogen) atoms. The van der Waals surface area contributed by atoms with Crippen LogP contribution in [0.25, 0.3) is 0 Å². The number of furan rings is 1. The lowest BCUT2D eigenvalue weighted by Crippen LogP contribution is -1.98. The number of aliphatic hydroxyl groups excluding tert-OH is 1. The van der Waals surface area contributed by atoms with Crippen molar-refractivity contribution in [3.05, 3.63) is 47.7 Å². The summed E-state index contributed by atoms with van der Waals surface area (Å²) in [5, 5.41) is 9.61. The minimum atomic E-state index is -0.828. The standard InChI is InChI=1S/C13H13FO2S/c1-8(15)13-10(14)4-3-5-12(13)17-11-6-7-16-9(11)2/h3-8,15H,1-2H3/t8-/m0/s1. The molecule has 0 amide bonds. The summed E-state index contributed by atoms with van der Waals surface area (Å²) >= 11 is 1.40. The van der Waals surface area contributed by atoms with E-state index in [0.717, 1.165) is 10.7 Å². The molecule has 0 fully saturated rings. The minimum absolute atomic E-state index is 0.332. The van der Waals surface area contributed by atoms with Crippen LogP contribution in [0, 0.1) is 12.7 Å². The van der Waals surface area contributed by atoms with Crippen molar-refractivity contribution in [3.63, 3.8) is 0 Å². The van der Waals surface area contributed by atoms with E-state index in [4.69, 9.17) is 4.42 Å². The summed E-state index contributed by atoms with van der Waals surface area (Å²) in [5.74, 6) is 0.405. The van der Waals surface area contributed by atoms with Gasteiger partial charge in [0.15, 0.2) is 0 Å². The average Bonchev–Trinajstić information content (AvgIpc) is 2.64. The summed E-state index contributed by atoms with van der Waals surface area (Å²) in [5.41, 5.74) is 0.332. The van der Waals surface area contributed by atoms with Crippen LogP contribution in [0.1, 0.15) is 24.4 Å². The molecule has 0 saturated carbocycles. The Hall–Kier alpha value is -1.26. The number of aliphatic hydroxyl groups is 1. The first-order chi connectivity index (χ1) is 8.09. The Bertz CT molecular complexity index is 520. The molecule has 0 saturated heterocycles. The maximum Gasteiger partial charge on any atom is 0.130 e. The van der Waals surface area contributed by atoms with E-state index in [1.165, 1.54) is 17.8 Å². The van der Waals surface area contributed by atoms with E-state index in [2.05, 4.69) is 0 Å². The molecule has 1 aromatic heterocycles. The van der Waals surface area contributed by atoms with Gasteiger partial charge in [0.1, 0.15) is 11.6 Å². The van der Waals surface area contributed by atoms with Crippen molar-refractivity contribution in [2.75, 3.05) is 0 Å². The van der Waals surface area contributed by atoms with Gasteiger partial charge in [-0.3, -0.25) is 0 Å². The smallest absolute Gasteiger partial charge is 0.130 e. The van der Waals surface area contributed by atoms with Gasteiger partial charge in [-0.25, -0.2) is 4.39 Å². The molecule has 0 radical (unpaired) electrons. The first-order valence-corrected chi connectivity index (χ1v) is 6.09. The van der Waals surface area contributed by atoms with Gasteiger partial charge in [0.2, 0.25) is 0 Å². The Morgan fingerprint density at radius 1 is 1.29 bits per heavy atom. The van der Waals surface area contributed by atoms with Gasteiger partial charge in [-0.2, -0.15) is 0 Å². The van der Waals surface area contributed by atoms with E-state index in [1.807, 2.05) is 13.0 Å². The monoisotopic (exact) mass is 252 g/mol. The zero-order valence-electron chi connectivity index (χ0n) is 9.61. The van der Waals surface area contributed by atoms with Crippen molar-refractivity contribution < 1.29 is 13.9 Å². The molecule has 0 bridgehead atoms. The van der Waals surface area contributed by atoms with Crippen LogP contribution >= 0.6 is 11.8 Å². The van der Waals surface area contributed by atoms with Gasteiger partial charge in [0.25, 0.3) is 0 Å². The second-order valence-corrected chi connectivity index (χ2v) is 4.85. The van der Waals surface area contributed by atoms with Crippen LogP contribution in [0.15, 0.2) is 44.7 Å². The van der Waals surface area contributed by atoms with Crippen LogP contribution in [0.4, 0.5) is 4.39 Å². The molecule has 1 atom stereocenters. The number of halogens is 1. The van der Waals surface area contributed by atoms with Gasteiger partial charge in [-0.05, 0) is 32.0 Å². The fraction of sp³-hybridized carbons (Fsp3) is 0.231. The van der Waals surface area contributed by atoms with Crippen LogP contribution in [-0.2, 0) is 0 Å². The summed E-state index contributed by atoms with van der Waals surface area (Å²) in [4.78, 5) is 1.64. The van der Waals surface area contributed by atoms with Crippen LogP contribution in [0.2, 0.25) is 0 Å². The van der Waals surface area contributed by atoms with E-state index in [-0.39, 0.29) is 5.82 Å². The molecule has 1 heterocycles. The lowest BCUT2D eigenvalue weighted by atomic mass is 10.1. The van der Waals surface area contributed by atoms with Gasteiger partial charge < -0.3 is 9.52 Å². The molecule has 2 nitrogen and oxygen atoms in total. The Balaban J connectivity index is 2.39. The first kappa shape index (κ1) is 12.2. The largest absolute Gasteiger partial charge is 0.468 e. The highest BCUT2D eigenvalue weighted by Gasteiger charge is 2.15. The summed E-state index contributed by atoms with van der Waals surface area (Å²) in [6.07, 6.45) is 0.768. The first-order valence-electron chi connectivity index (χ1n) is 5.28. The van der Waals surface area contributed by atoms with Crippen molar-refractivity contribution in [1.82, 2.24) is 0 Å². The molecule has 0 spiro atoms. The molecule has 0 aliphatic heterocycles. The highest BCUT2D eigenvalue weighted by molar-refractivity contribution is 7.99.